The van der Waals surface area contributed by atoms with Crippen LogP contribution in [0.15, 0.2) is 35.5 Å². The highest BCUT2D eigenvalue weighted by Crippen LogP contribution is 2.31. The fraction of sp³-hybridized carbons (Fsp3) is 0.375. The number of halogens is 6. The second-order valence-corrected chi connectivity index (χ2v) is 5.65. The van der Waals surface area contributed by atoms with Crippen LogP contribution in [0.25, 0.3) is 0 Å². The zero-order valence-electron chi connectivity index (χ0n) is 14.4. The molecule has 0 aliphatic carbocycles. The Labute approximate surface area is 151 Å². The molecule has 0 fully saturated rings. The van der Waals surface area contributed by atoms with Crippen molar-refractivity contribution in [3.05, 3.63) is 52.8 Å². The molecule has 0 aliphatic heterocycles. The number of hydrogen-bond acceptors (Lipinski definition) is 2. The summed E-state index contributed by atoms with van der Waals surface area (Å²) < 4.78 is 78.0. The first kappa shape index (κ1) is 20.6. The number of guanidine groups is 1. The first-order valence-electron chi connectivity index (χ1n) is 7.71. The second kappa shape index (κ2) is 7.89. The first-order valence-corrected chi connectivity index (χ1v) is 7.71. The number of nitrogens with one attached hydrogen (secondary N) is 2. The molecule has 0 unspecified atom stereocenters. The number of aryl methyl sites for hydroxylation is 1. The highest BCUT2D eigenvalue weighted by atomic mass is 19.4. The van der Waals surface area contributed by atoms with Crippen molar-refractivity contribution in [1.29, 1.82) is 0 Å². The lowest BCUT2D eigenvalue weighted by atomic mass is 10.1. The Balaban J connectivity index is 2.00. The van der Waals surface area contributed by atoms with Crippen molar-refractivity contribution in [2.24, 2.45) is 12.0 Å². The molecule has 0 amide bonds. The van der Waals surface area contributed by atoms with Crippen molar-refractivity contribution in [2.75, 3.05) is 7.05 Å². The third-order valence-corrected chi connectivity index (χ3v) is 3.56. The summed E-state index contributed by atoms with van der Waals surface area (Å²) in [5, 5.41) is 8.85. The van der Waals surface area contributed by atoms with Crippen LogP contribution in [0.3, 0.4) is 0 Å². The summed E-state index contributed by atoms with van der Waals surface area (Å²) in [6, 6.07) is 4.72. The van der Waals surface area contributed by atoms with E-state index >= 15 is 0 Å². The fourth-order valence-electron chi connectivity index (χ4n) is 2.35. The fourth-order valence-corrected chi connectivity index (χ4v) is 2.35. The molecule has 0 radical (unpaired) electrons. The lowest BCUT2D eigenvalue weighted by Crippen LogP contribution is -2.36. The van der Waals surface area contributed by atoms with Crippen LogP contribution < -0.4 is 10.6 Å². The van der Waals surface area contributed by atoms with E-state index in [4.69, 9.17) is 0 Å². The number of nitrogens with zero attached hydrogens (tertiary/aromatic N) is 3. The standard InChI is InChI=1S/C16H17F6N5/c1-23-14(24-7-10-4-3-5-12(6-10)15(17,18)19)25-8-11-9-27(2)26-13(11)16(20,21)22/h3-6,9H,7-8H2,1-2H3,(H2,23,24,25). The van der Waals surface area contributed by atoms with Crippen molar-refractivity contribution in [1.82, 2.24) is 20.4 Å². The van der Waals surface area contributed by atoms with Crippen LogP contribution in [0.2, 0.25) is 0 Å². The topological polar surface area (TPSA) is 54.2 Å². The largest absolute Gasteiger partial charge is 0.435 e. The summed E-state index contributed by atoms with van der Waals surface area (Å²) in [4.78, 5) is 3.85. The first-order chi connectivity index (χ1) is 12.5. The minimum atomic E-state index is -4.59. The average Bonchev–Trinajstić information content (AvgIpc) is 2.96. The summed E-state index contributed by atoms with van der Waals surface area (Å²) in [5.41, 5.74) is -1.52. The molecule has 148 valence electrons. The van der Waals surface area contributed by atoms with E-state index in [9.17, 15) is 26.3 Å². The minimum Gasteiger partial charge on any atom is -0.352 e. The van der Waals surface area contributed by atoms with Crippen LogP contribution in [-0.2, 0) is 32.5 Å². The quantitative estimate of drug-likeness (QED) is 0.476. The smallest absolute Gasteiger partial charge is 0.352 e. The summed E-state index contributed by atoms with van der Waals surface area (Å²) in [6.45, 7) is -0.187. The Kier molecular flexibility index (Phi) is 6.01. The van der Waals surface area contributed by atoms with Crippen LogP contribution in [-0.4, -0.2) is 22.8 Å². The summed E-state index contributed by atoms with van der Waals surface area (Å²) in [7, 11) is 2.77. The second-order valence-electron chi connectivity index (χ2n) is 5.65. The van der Waals surface area contributed by atoms with Crippen molar-refractivity contribution in [2.45, 2.75) is 25.4 Å². The van der Waals surface area contributed by atoms with E-state index in [1.807, 2.05) is 0 Å². The van der Waals surface area contributed by atoms with Crippen molar-refractivity contribution < 1.29 is 26.3 Å². The van der Waals surface area contributed by atoms with Crippen LogP contribution in [0.1, 0.15) is 22.4 Å². The molecule has 0 bridgehead atoms. The van der Waals surface area contributed by atoms with Gasteiger partial charge in [-0.25, -0.2) is 0 Å². The monoisotopic (exact) mass is 393 g/mol. The van der Waals surface area contributed by atoms with Crippen LogP contribution in [0.4, 0.5) is 26.3 Å². The highest BCUT2D eigenvalue weighted by molar-refractivity contribution is 5.79. The van der Waals surface area contributed by atoms with Gasteiger partial charge >= 0.3 is 12.4 Å². The zero-order valence-corrected chi connectivity index (χ0v) is 14.4. The number of rotatable bonds is 4. The van der Waals surface area contributed by atoms with E-state index in [1.54, 1.807) is 0 Å². The summed E-state index contributed by atoms with van der Waals surface area (Å²) >= 11 is 0. The molecule has 0 saturated carbocycles. The Morgan fingerprint density at radius 3 is 2.33 bits per heavy atom. The lowest BCUT2D eigenvalue weighted by Gasteiger charge is -2.13. The molecule has 0 spiro atoms. The maximum Gasteiger partial charge on any atom is 0.435 e. The Morgan fingerprint density at radius 1 is 1.07 bits per heavy atom. The molecule has 1 heterocycles. The zero-order chi connectivity index (χ0) is 20.2. The Bertz CT molecular complexity index is 806. The van der Waals surface area contributed by atoms with E-state index in [0.29, 0.717) is 5.56 Å². The van der Waals surface area contributed by atoms with Gasteiger partial charge in [0.25, 0.3) is 0 Å². The van der Waals surface area contributed by atoms with Crippen molar-refractivity contribution >= 4 is 5.96 Å². The predicted molar refractivity (Wildman–Crippen MR) is 86.7 cm³/mol. The number of hydrogen-bond donors (Lipinski definition) is 2. The van der Waals surface area contributed by atoms with Crippen LogP contribution in [0, 0.1) is 0 Å². The third kappa shape index (κ3) is 5.63. The van der Waals surface area contributed by atoms with Gasteiger partial charge in [-0.15, -0.1) is 0 Å². The van der Waals surface area contributed by atoms with Gasteiger partial charge in [0, 0.05) is 38.9 Å². The molecular weight excluding hydrogens is 376 g/mol. The van der Waals surface area contributed by atoms with Crippen molar-refractivity contribution in [3.63, 3.8) is 0 Å². The number of alkyl halides is 6. The minimum absolute atomic E-state index is 0.0166. The average molecular weight is 393 g/mol. The van der Waals surface area contributed by atoms with Gasteiger partial charge in [-0.1, -0.05) is 12.1 Å². The van der Waals surface area contributed by atoms with E-state index in [0.717, 1.165) is 16.8 Å². The van der Waals surface area contributed by atoms with Gasteiger partial charge in [-0.2, -0.15) is 31.4 Å². The molecule has 2 rings (SSSR count). The molecular formula is C16H17F6N5. The van der Waals surface area contributed by atoms with E-state index in [-0.39, 0.29) is 24.6 Å². The molecule has 1 aromatic carbocycles. The predicted octanol–water partition coefficient (Wildman–Crippen LogP) is 3.32. The molecule has 2 aromatic rings. The molecule has 0 saturated heterocycles. The molecule has 27 heavy (non-hydrogen) atoms. The number of benzene rings is 1. The molecule has 0 atom stereocenters. The van der Waals surface area contributed by atoms with Crippen LogP contribution >= 0.6 is 0 Å². The van der Waals surface area contributed by atoms with Crippen LogP contribution in [0.5, 0.6) is 0 Å². The van der Waals surface area contributed by atoms with Crippen molar-refractivity contribution in [3.8, 4) is 0 Å². The maximum atomic E-state index is 12.9. The Morgan fingerprint density at radius 2 is 1.74 bits per heavy atom. The lowest BCUT2D eigenvalue weighted by molar-refractivity contribution is -0.142. The summed E-state index contributed by atoms with van der Waals surface area (Å²) in [5.74, 6) is 0.143. The van der Waals surface area contributed by atoms with Gasteiger partial charge in [0.2, 0.25) is 0 Å². The van der Waals surface area contributed by atoms with Gasteiger partial charge in [-0.3, -0.25) is 9.67 Å². The third-order valence-electron chi connectivity index (χ3n) is 3.56. The molecule has 11 heteroatoms. The SMILES string of the molecule is CN=C(NCc1cccc(C(F)(F)F)c1)NCc1cn(C)nc1C(F)(F)F. The molecule has 2 N–H and O–H groups in total. The maximum absolute atomic E-state index is 12.9. The normalized spacial score (nSPS) is 13.0. The molecule has 0 aliphatic rings. The van der Waals surface area contributed by atoms with Gasteiger partial charge in [-0.05, 0) is 17.7 Å². The van der Waals surface area contributed by atoms with Gasteiger partial charge < -0.3 is 10.6 Å². The Hall–Kier alpha value is -2.72. The van der Waals surface area contributed by atoms with E-state index in [1.165, 1.54) is 32.4 Å². The van der Waals surface area contributed by atoms with E-state index < -0.39 is 23.6 Å². The highest BCUT2D eigenvalue weighted by Gasteiger charge is 2.36. The number of aliphatic imine (C=N–C) groups is 1. The summed E-state index contributed by atoms with van der Waals surface area (Å²) in [6.07, 6.45) is -7.81. The van der Waals surface area contributed by atoms with Gasteiger partial charge in [0.15, 0.2) is 11.7 Å². The molecule has 1 aromatic heterocycles. The molecule has 5 nitrogen and oxygen atoms in total. The van der Waals surface area contributed by atoms with Gasteiger partial charge in [0.05, 0.1) is 5.56 Å². The van der Waals surface area contributed by atoms with E-state index in [2.05, 4.69) is 20.7 Å². The van der Waals surface area contributed by atoms with Gasteiger partial charge in [0.1, 0.15) is 0 Å². The number of aromatic nitrogens is 2.